The third-order valence-corrected chi connectivity index (χ3v) is 3.80. The van der Waals surface area contributed by atoms with Crippen molar-refractivity contribution in [3.05, 3.63) is 41.6 Å². The topological polar surface area (TPSA) is 78.1 Å². The number of methoxy groups -OCH3 is 1. The van der Waals surface area contributed by atoms with Crippen molar-refractivity contribution in [1.29, 1.82) is 0 Å². The molecule has 0 aromatic carbocycles. The number of aromatic nitrogens is 6. The van der Waals surface area contributed by atoms with Gasteiger partial charge in [0.25, 0.3) is 0 Å². The van der Waals surface area contributed by atoms with E-state index in [-0.39, 0.29) is 0 Å². The lowest BCUT2D eigenvalue weighted by Gasteiger charge is -2.06. The van der Waals surface area contributed by atoms with Gasteiger partial charge in [-0.05, 0) is 26.0 Å². The second-order valence-electron chi connectivity index (χ2n) is 5.41. The number of imidazole rings is 1. The van der Waals surface area contributed by atoms with E-state index in [1.54, 1.807) is 36.6 Å². The quantitative estimate of drug-likeness (QED) is 0.527. The number of halogens is 1. The smallest absolute Gasteiger partial charge is 0.215 e. The summed E-state index contributed by atoms with van der Waals surface area (Å²) in [5, 5.41) is 8.41. The Morgan fingerprint density at radius 3 is 2.67 bits per heavy atom. The van der Waals surface area contributed by atoms with Crippen molar-refractivity contribution in [3.8, 4) is 17.3 Å². The first-order valence-electron chi connectivity index (χ1n) is 7.27. The molecule has 0 spiro atoms. The van der Waals surface area contributed by atoms with Gasteiger partial charge < -0.3 is 4.74 Å². The molecule has 4 aromatic heterocycles. The molecule has 4 aromatic rings. The van der Waals surface area contributed by atoms with Gasteiger partial charge >= 0.3 is 0 Å². The Balaban J connectivity index is 2.11. The molecule has 0 saturated carbocycles. The van der Waals surface area contributed by atoms with Gasteiger partial charge in [0.1, 0.15) is 11.3 Å². The number of pyridine rings is 2. The minimum absolute atomic E-state index is 0.443. The summed E-state index contributed by atoms with van der Waals surface area (Å²) in [6.45, 7) is 3.50. The Morgan fingerprint density at radius 2 is 1.92 bits per heavy atom. The molecule has 4 rings (SSSR count). The van der Waals surface area contributed by atoms with Crippen LogP contribution in [0, 0.1) is 19.8 Å². The van der Waals surface area contributed by atoms with Crippen molar-refractivity contribution in [1.82, 2.24) is 29.5 Å². The fourth-order valence-corrected chi connectivity index (χ4v) is 2.59. The standard InChI is InChI=1S/C16H13FN6O/c1-8-6-10(7-18-13(8)17)15-19-9(2)14-22-21-11-4-5-12(24-3)20-16(11)23(14)15/h4-7H,1-3H3. The summed E-state index contributed by atoms with van der Waals surface area (Å²) in [6, 6.07) is 5.19. The molecule has 24 heavy (non-hydrogen) atoms. The Labute approximate surface area is 136 Å². The summed E-state index contributed by atoms with van der Waals surface area (Å²) < 4.78 is 20.5. The average Bonchev–Trinajstić information content (AvgIpc) is 2.94. The van der Waals surface area contributed by atoms with Crippen LogP contribution in [0.3, 0.4) is 0 Å². The maximum Gasteiger partial charge on any atom is 0.215 e. The van der Waals surface area contributed by atoms with E-state index in [0.29, 0.717) is 45.3 Å². The number of hydrogen-bond acceptors (Lipinski definition) is 6. The molecule has 0 bridgehead atoms. The second-order valence-corrected chi connectivity index (χ2v) is 5.41. The third-order valence-electron chi connectivity index (χ3n) is 3.80. The van der Waals surface area contributed by atoms with Gasteiger partial charge in [-0.3, -0.25) is 4.40 Å². The van der Waals surface area contributed by atoms with Gasteiger partial charge in [-0.1, -0.05) is 0 Å². The van der Waals surface area contributed by atoms with Crippen LogP contribution in [-0.4, -0.2) is 36.7 Å². The zero-order chi connectivity index (χ0) is 16.8. The second kappa shape index (κ2) is 5.19. The first-order chi connectivity index (χ1) is 11.6. The molecule has 0 unspecified atom stereocenters. The summed E-state index contributed by atoms with van der Waals surface area (Å²) in [4.78, 5) is 12.8. The largest absolute Gasteiger partial charge is 0.481 e. The van der Waals surface area contributed by atoms with Gasteiger partial charge in [0.15, 0.2) is 11.3 Å². The van der Waals surface area contributed by atoms with Gasteiger partial charge in [-0.25, -0.2) is 9.97 Å². The molecule has 7 nitrogen and oxygen atoms in total. The van der Waals surface area contributed by atoms with Crippen molar-refractivity contribution in [2.75, 3.05) is 7.11 Å². The molecular weight excluding hydrogens is 311 g/mol. The van der Waals surface area contributed by atoms with E-state index in [9.17, 15) is 4.39 Å². The Kier molecular flexibility index (Phi) is 3.12. The van der Waals surface area contributed by atoms with Gasteiger partial charge in [0.05, 0.1) is 12.8 Å². The van der Waals surface area contributed by atoms with E-state index in [2.05, 4.69) is 25.1 Å². The van der Waals surface area contributed by atoms with Crippen molar-refractivity contribution in [2.24, 2.45) is 0 Å². The van der Waals surface area contributed by atoms with Crippen LogP contribution < -0.4 is 4.74 Å². The van der Waals surface area contributed by atoms with E-state index >= 15 is 0 Å². The lowest BCUT2D eigenvalue weighted by Crippen LogP contribution is -2.01. The molecule has 0 saturated heterocycles. The van der Waals surface area contributed by atoms with Crippen LogP contribution in [0.2, 0.25) is 0 Å². The van der Waals surface area contributed by atoms with Crippen LogP contribution >= 0.6 is 0 Å². The fourth-order valence-electron chi connectivity index (χ4n) is 2.59. The van der Waals surface area contributed by atoms with Gasteiger partial charge in [0.2, 0.25) is 11.8 Å². The van der Waals surface area contributed by atoms with Crippen LogP contribution in [0.25, 0.3) is 28.2 Å². The molecule has 0 fully saturated rings. The van der Waals surface area contributed by atoms with Crippen LogP contribution in [0.4, 0.5) is 4.39 Å². The zero-order valence-corrected chi connectivity index (χ0v) is 13.3. The lowest BCUT2D eigenvalue weighted by atomic mass is 10.2. The summed E-state index contributed by atoms with van der Waals surface area (Å²) >= 11 is 0. The molecule has 0 N–H and O–H groups in total. The number of nitrogens with zero attached hydrogens (tertiary/aromatic N) is 6. The van der Waals surface area contributed by atoms with E-state index < -0.39 is 5.95 Å². The Hall–Kier alpha value is -3.16. The van der Waals surface area contributed by atoms with E-state index in [0.717, 1.165) is 0 Å². The number of rotatable bonds is 2. The Bertz CT molecular complexity index is 1090. The molecule has 0 amide bonds. The number of ether oxygens (including phenoxy) is 1. The maximum absolute atomic E-state index is 13.5. The highest BCUT2D eigenvalue weighted by molar-refractivity contribution is 5.77. The van der Waals surface area contributed by atoms with Crippen molar-refractivity contribution >= 4 is 16.8 Å². The van der Waals surface area contributed by atoms with Crippen molar-refractivity contribution in [3.63, 3.8) is 0 Å². The summed E-state index contributed by atoms with van der Waals surface area (Å²) in [6.07, 6.45) is 1.45. The highest BCUT2D eigenvalue weighted by Gasteiger charge is 2.17. The average molecular weight is 324 g/mol. The van der Waals surface area contributed by atoms with E-state index in [1.807, 2.05) is 6.92 Å². The highest BCUT2D eigenvalue weighted by atomic mass is 19.1. The van der Waals surface area contributed by atoms with Gasteiger partial charge in [-0.15, -0.1) is 10.2 Å². The van der Waals surface area contributed by atoms with E-state index in [4.69, 9.17) is 4.74 Å². The molecule has 0 aliphatic carbocycles. The third kappa shape index (κ3) is 2.07. The minimum atomic E-state index is -0.499. The fraction of sp³-hybridized carbons (Fsp3) is 0.188. The zero-order valence-electron chi connectivity index (χ0n) is 13.3. The molecule has 0 atom stereocenters. The normalized spacial score (nSPS) is 11.3. The van der Waals surface area contributed by atoms with Crippen molar-refractivity contribution in [2.45, 2.75) is 13.8 Å². The van der Waals surface area contributed by atoms with Crippen molar-refractivity contribution < 1.29 is 9.13 Å². The molecule has 4 heterocycles. The molecule has 0 radical (unpaired) electrons. The lowest BCUT2D eigenvalue weighted by molar-refractivity contribution is 0.399. The van der Waals surface area contributed by atoms with Crippen LogP contribution in [0.5, 0.6) is 5.88 Å². The number of hydrogen-bond donors (Lipinski definition) is 0. The van der Waals surface area contributed by atoms with E-state index in [1.165, 1.54) is 6.20 Å². The maximum atomic E-state index is 13.5. The summed E-state index contributed by atoms with van der Waals surface area (Å²) in [5.41, 5.74) is 3.58. The first kappa shape index (κ1) is 14.4. The molecule has 0 aliphatic heterocycles. The number of fused-ring (bicyclic) bond motifs is 3. The number of aryl methyl sites for hydroxylation is 2. The SMILES string of the molecule is COc1ccc2nnc3c(C)nc(-c4cnc(F)c(C)c4)n3c2n1. The summed E-state index contributed by atoms with van der Waals surface area (Å²) in [7, 11) is 1.55. The van der Waals surface area contributed by atoms with Gasteiger partial charge in [-0.2, -0.15) is 9.37 Å². The predicted octanol–water partition coefficient (Wildman–Crippen LogP) is 2.50. The Morgan fingerprint density at radius 1 is 1.08 bits per heavy atom. The molecular formula is C16H13FN6O. The molecule has 0 aliphatic rings. The first-order valence-corrected chi connectivity index (χ1v) is 7.27. The highest BCUT2D eigenvalue weighted by Crippen LogP contribution is 2.25. The monoisotopic (exact) mass is 324 g/mol. The van der Waals surface area contributed by atoms with Crippen LogP contribution in [-0.2, 0) is 0 Å². The predicted molar refractivity (Wildman–Crippen MR) is 85.3 cm³/mol. The van der Waals surface area contributed by atoms with Gasteiger partial charge in [0, 0.05) is 23.4 Å². The minimum Gasteiger partial charge on any atom is -0.481 e. The summed E-state index contributed by atoms with van der Waals surface area (Å²) in [5.74, 6) is 0.544. The molecule has 8 heteroatoms. The molecule has 120 valence electrons. The van der Waals surface area contributed by atoms with Crippen LogP contribution in [0.1, 0.15) is 11.3 Å². The van der Waals surface area contributed by atoms with Crippen LogP contribution in [0.15, 0.2) is 24.4 Å².